The van der Waals surface area contributed by atoms with Crippen LogP contribution in [0.2, 0.25) is 0 Å². The molecule has 0 aliphatic heterocycles. The minimum absolute atomic E-state index is 0.0962. The van der Waals surface area contributed by atoms with Gasteiger partial charge < -0.3 is 35.5 Å². The van der Waals surface area contributed by atoms with E-state index in [0.717, 1.165) is 27.5 Å². The van der Waals surface area contributed by atoms with E-state index < -0.39 is 11.1 Å². The summed E-state index contributed by atoms with van der Waals surface area (Å²) in [7, 11) is 0. The molecule has 0 saturated carbocycles. The SMILES string of the molecule is CC(CO)(CO)NCc1c2ccccc2cc2sccc12.CC(CO)(CO)NCc1ccc2oc3ccccc3c2c1. The van der Waals surface area contributed by atoms with Gasteiger partial charge in [-0.05, 0) is 76.8 Å². The maximum absolute atomic E-state index is 9.43. The molecule has 0 saturated heterocycles. The monoisotopic (exact) mass is 586 g/mol. The Morgan fingerprint density at radius 2 is 1.26 bits per heavy atom. The zero-order valence-corrected chi connectivity index (χ0v) is 24.7. The average Bonchev–Trinajstić information content (AvgIpc) is 3.66. The van der Waals surface area contributed by atoms with Crippen molar-refractivity contribution in [2.45, 2.75) is 38.0 Å². The third-order valence-corrected chi connectivity index (χ3v) is 8.70. The van der Waals surface area contributed by atoms with Crippen molar-refractivity contribution in [3.63, 3.8) is 0 Å². The maximum Gasteiger partial charge on any atom is 0.135 e. The van der Waals surface area contributed by atoms with E-state index in [1.807, 2.05) is 55.5 Å². The number of nitrogens with one attached hydrogen (secondary N) is 2. The van der Waals surface area contributed by atoms with Crippen molar-refractivity contribution in [1.82, 2.24) is 10.6 Å². The standard InChI is InChI=1S/C17H19NO3.C17H19NO2S/c1-17(10-19,11-20)18-9-12-6-7-16-14(8-12)13-4-2-3-5-15(13)21-16;1-17(10-19,11-20)18-9-15-13-5-3-2-4-12(13)8-16-14(15)6-7-21-16/h2*2-8,18-20H,9-11H2,1H3. The smallest absolute Gasteiger partial charge is 0.135 e. The van der Waals surface area contributed by atoms with Crippen molar-refractivity contribution < 1.29 is 24.8 Å². The second-order valence-corrected chi connectivity index (χ2v) is 12.2. The summed E-state index contributed by atoms with van der Waals surface area (Å²) < 4.78 is 7.06. The summed E-state index contributed by atoms with van der Waals surface area (Å²) in [5, 5.41) is 51.9. The number of rotatable bonds is 10. The first-order chi connectivity index (χ1) is 20.3. The molecule has 0 amide bonds. The number of thiophene rings is 1. The Kier molecular flexibility index (Phi) is 9.25. The normalized spacial score (nSPS) is 12.3. The Morgan fingerprint density at radius 3 is 1.98 bits per heavy atom. The van der Waals surface area contributed by atoms with E-state index in [2.05, 4.69) is 46.3 Å². The summed E-state index contributed by atoms with van der Waals surface area (Å²) in [5.74, 6) is 0. The van der Waals surface area contributed by atoms with Crippen LogP contribution >= 0.6 is 11.3 Å². The van der Waals surface area contributed by atoms with Gasteiger partial charge in [-0.3, -0.25) is 0 Å². The van der Waals surface area contributed by atoms with Crippen LogP contribution in [0.3, 0.4) is 0 Å². The van der Waals surface area contributed by atoms with Gasteiger partial charge in [0.1, 0.15) is 11.2 Å². The summed E-state index contributed by atoms with van der Waals surface area (Å²) in [5.41, 5.74) is 2.71. The van der Waals surface area contributed by atoms with E-state index in [0.29, 0.717) is 13.1 Å². The number of hydrogen-bond donors (Lipinski definition) is 6. The molecule has 0 spiro atoms. The van der Waals surface area contributed by atoms with Gasteiger partial charge in [0.2, 0.25) is 0 Å². The van der Waals surface area contributed by atoms with Crippen molar-refractivity contribution in [2.75, 3.05) is 26.4 Å². The molecular formula is C34H38N2O5S. The molecular weight excluding hydrogens is 548 g/mol. The summed E-state index contributed by atoms with van der Waals surface area (Å²) in [4.78, 5) is 0. The minimum atomic E-state index is -0.673. The number of furan rings is 1. The molecule has 7 nitrogen and oxygen atoms in total. The first kappa shape index (κ1) is 30.1. The van der Waals surface area contributed by atoms with Crippen LogP contribution < -0.4 is 10.6 Å². The van der Waals surface area contributed by atoms with E-state index in [1.54, 1.807) is 18.3 Å². The molecule has 0 aliphatic rings. The lowest BCUT2D eigenvalue weighted by Gasteiger charge is -2.27. The topological polar surface area (TPSA) is 118 Å². The van der Waals surface area contributed by atoms with Gasteiger partial charge in [-0.2, -0.15) is 0 Å². The molecule has 6 rings (SSSR count). The molecule has 0 radical (unpaired) electrons. The van der Waals surface area contributed by atoms with Crippen molar-refractivity contribution in [3.8, 4) is 0 Å². The maximum atomic E-state index is 9.43. The fourth-order valence-corrected chi connectivity index (χ4v) is 5.74. The van der Waals surface area contributed by atoms with Crippen molar-refractivity contribution in [2.24, 2.45) is 0 Å². The van der Waals surface area contributed by atoms with E-state index >= 15 is 0 Å². The number of benzene rings is 4. The second-order valence-electron chi connectivity index (χ2n) is 11.3. The molecule has 220 valence electrons. The van der Waals surface area contributed by atoms with Crippen molar-refractivity contribution in [1.29, 1.82) is 0 Å². The predicted octanol–water partition coefficient (Wildman–Crippen LogP) is 5.31. The summed E-state index contributed by atoms with van der Waals surface area (Å²) >= 11 is 1.73. The highest BCUT2D eigenvalue weighted by Gasteiger charge is 2.23. The zero-order valence-electron chi connectivity index (χ0n) is 23.9. The molecule has 6 aromatic rings. The first-order valence-electron chi connectivity index (χ1n) is 14.0. The van der Waals surface area contributed by atoms with Gasteiger partial charge in [0.15, 0.2) is 0 Å². The van der Waals surface area contributed by atoms with E-state index in [4.69, 9.17) is 4.42 Å². The summed E-state index contributed by atoms with van der Waals surface area (Å²) in [6.07, 6.45) is 0. The first-order valence-corrected chi connectivity index (χ1v) is 14.9. The summed E-state index contributed by atoms with van der Waals surface area (Å²) in [6.45, 7) is 4.39. The van der Waals surface area contributed by atoms with Crippen LogP contribution in [0.4, 0.5) is 0 Å². The Hall–Kier alpha value is -3.34. The predicted molar refractivity (Wildman–Crippen MR) is 172 cm³/mol. The molecule has 2 heterocycles. The van der Waals surface area contributed by atoms with Gasteiger partial charge in [-0.15, -0.1) is 11.3 Å². The quantitative estimate of drug-likeness (QED) is 0.129. The molecule has 4 aromatic carbocycles. The molecule has 0 fully saturated rings. The fraction of sp³-hybridized carbons (Fsp3) is 0.294. The Morgan fingerprint density at radius 1 is 0.643 bits per heavy atom. The number of fused-ring (bicyclic) bond motifs is 5. The van der Waals surface area contributed by atoms with Gasteiger partial charge in [0.05, 0.1) is 37.5 Å². The Labute approximate surface area is 249 Å². The molecule has 0 atom stereocenters. The molecule has 0 bridgehead atoms. The fourth-order valence-electron chi connectivity index (χ4n) is 4.88. The third kappa shape index (κ3) is 6.35. The van der Waals surface area contributed by atoms with Crippen LogP contribution in [0.1, 0.15) is 25.0 Å². The van der Waals surface area contributed by atoms with Crippen molar-refractivity contribution in [3.05, 3.63) is 95.4 Å². The lowest BCUT2D eigenvalue weighted by atomic mass is 9.99. The largest absolute Gasteiger partial charge is 0.456 e. The van der Waals surface area contributed by atoms with Crippen LogP contribution in [0, 0.1) is 0 Å². The number of para-hydroxylation sites is 1. The second kappa shape index (κ2) is 12.9. The van der Waals surface area contributed by atoms with Crippen molar-refractivity contribution >= 4 is 54.1 Å². The van der Waals surface area contributed by atoms with E-state index in [1.165, 1.54) is 26.4 Å². The van der Waals surface area contributed by atoms with E-state index in [-0.39, 0.29) is 26.4 Å². The average molecular weight is 587 g/mol. The molecule has 0 aliphatic carbocycles. The molecule has 2 aromatic heterocycles. The highest BCUT2D eigenvalue weighted by molar-refractivity contribution is 7.17. The lowest BCUT2D eigenvalue weighted by molar-refractivity contribution is 0.103. The zero-order chi connectivity index (χ0) is 29.7. The highest BCUT2D eigenvalue weighted by Crippen LogP contribution is 2.32. The Bertz CT molecular complexity index is 1790. The van der Waals surface area contributed by atoms with Crippen LogP contribution in [0.15, 0.2) is 88.7 Å². The van der Waals surface area contributed by atoms with Gasteiger partial charge in [0.25, 0.3) is 0 Å². The minimum Gasteiger partial charge on any atom is -0.456 e. The lowest BCUT2D eigenvalue weighted by Crippen LogP contribution is -2.48. The molecule has 0 unspecified atom stereocenters. The molecule has 6 N–H and O–H groups in total. The Balaban J connectivity index is 0.000000168. The van der Waals surface area contributed by atoms with Crippen LogP contribution in [0.25, 0.3) is 42.8 Å². The number of aliphatic hydroxyl groups is 4. The van der Waals surface area contributed by atoms with Gasteiger partial charge in [-0.25, -0.2) is 0 Å². The molecule has 8 heteroatoms. The van der Waals surface area contributed by atoms with E-state index in [9.17, 15) is 20.4 Å². The van der Waals surface area contributed by atoms with Gasteiger partial charge in [-0.1, -0.05) is 48.5 Å². The van der Waals surface area contributed by atoms with Crippen LogP contribution in [0.5, 0.6) is 0 Å². The van der Waals surface area contributed by atoms with Crippen LogP contribution in [-0.4, -0.2) is 57.9 Å². The number of aliphatic hydroxyl groups excluding tert-OH is 4. The van der Waals surface area contributed by atoms with Gasteiger partial charge >= 0.3 is 0 Å². The highest BCUT2D eigenvalue weighted by atomic mass is 32.1. The van der Waals surface area contributed by atoms with Crippen LogP contribution in [-0.2, 0) is 13.1 Å². The molecule has 42 heavy (non-hydrogen) atoms. The van der Waals surface area contributed by atoms with Gasteiger partial charge in [0, 0.05) is 28.6 Å². The summed E-state index contributed by atoms with van der Waals surface area (Å²) in [6, 6.07) is 26.7. The third-order valence-electron chi connectivity index (χ3n) is 7.84. The number of hydrogen-bond acceptors (Lipinski definition) is 8.